The van der Waals surface area contributed by atoms with Gasteiger partial charge in [0.15, 0.2) is 0 Å². The average Bonchev–Trinajstić information content (AvgIpc) is 2.50. The van der Waals surface area contributed by atoms with Crippen LogP contribution in [0.5, 0.6) is 0 Å². The Morgan fingerprint density at radius 3 is 2.05 bits per heavy atom. The third kappa shape index (κ3) is 11.2. The summed E-state index contributed by atoms with van der Waals surface area (Å²) in [7, 11) is 0. The molecule has 0 aliphatic heterocycles. The molecule has 120 valence electrons. The number of nitrogens with zero attached hydrogens (tertiary/aromatic N) is 1. The summed E-state index contributed by atoms with van der Waals surface area (Å²) >= 11 is 0. The Morgan fingerprint density at radius 2 is 1.48 bits per heavy atom. The molecule has 0 aliphatic carbocycles. The van der Waals surface area contributed by atoms with E-state index < -0.39 is 0 Å². The smallest absolute Gasteiger partial charge is 0.0428 e. The molecule has 1 atom stereocenters. The van der Waals surface area contributed by atoms with Crippen molar-refractivity contribution in [1.29, 1.82) is 0 Å². The van der Waals surface area contributed by atoms with Crippen LogP contribution in [0, 0.1) is 5.92 Å². The molecule has 1 heteroatoms. The molecule has 0 bridgehead atoms. The van der Waals surface area contributed by atoms with E-state index in [1.165, 1.54) is 64.2 Å². The van der Waals surface area contributed by atoms with Gasteiger partial charge in [-0.15, -0.1) is 0 Å². The Hall–Kier alpha value is -1.11. The first-order valence-corrected chi connectivity index (χ1v) is 8.77. The SMILES string of the molecule is C=C/C=C\N=C(/C=C)C(CCCCC)CCCCCCC. The number of unbranched alkanes of at least 4 members (excludes halogenated alkanes) is 6. The van der Waals surface area contributed by atoms with Gasteiger partial charge in [0.2, 0.25) is 0 Å². The van der Waals surface area contributed by atoms with Crippen molar-refractivity contribution in [3.63, 3.8) is 0 Å². The van der Waals surface area contributed by atoms with E-state index in [4.69, 9.17) is 0 Å². The van der Waals surface area contributed by atoms with E-state index >= 15 is 0 Å². The highest BCUT2D eigenvalue weighted by Crippen LogP contribution is 2.20. The quantitative estimate of drug-likeness (QED) is 0.188. The van der Waals surface area contributed by atoms with Gasteiger partial charge in [-0.2, -0.15) is 0 Å². The maximum Gasteiger partial charge on any atom is 0.0428 e. The van der Waals surface area contributed by atoms with E-state index in [-0.39, 0.29) is 0 Å². The molecule has 0 spiro atoms. The topological polar surface area (TPSA) is 12.4 Å². The van der Waals surface area contributed by atoms with Gasteiger partial charge in [0.05, 0.1) is 0 Å². The lowest BCUT2D eigenvalue weighted by Crippen LogP contribution is -2.12. The lowest BCUT2D eigenvalue weighted by Gasteiger charge is -2.17. The lowest BCUT2D eigenvalue weighted by molar-refractivity contribution is 0.496. The number of rotatable bonds is 14. The van der Waals surface area contributed by atoms with E-state index in [2.05, 4.69) is 32.0 Å². The molecule has 0 saturated heterocycles. The number of hydrogen-bond donors (Lipinski definition) is 0. The van der Waals surface area contributed by atoms with Gasteiger partial charge in [0.25, 0.3) is 0 Å². The van der Waals surface area contributed by atoms with E-state index in [0.29, 0.717) is 5.92 Å². The van der Waals surface area contributed by atoms with Crippen LogP contribution in [0.2, 0.25) is 0 Å². The van der Waals surface area contributed by atoms with Crippen LogP contribution in [0.3, 0.4) is 0 Å². The molecule has 0 radical (unpaired) electrons. The van der Waals surface area contributed by atoms with Crippen LogP contribution >= 0.6 is 0 Å². The highest BCUT2D eigenvalue weighted by molar-refractivity contribution is 5.96. The number of allylic oxidation sites excluding steroid dienone is 3. The van der Waals surface area contributed by atoms with Gasteiger partial charge < -0.3 is 0 Å². The summed E-state index contributed by atoms with van der Waals surface area (Å²) in [5, 5.41) is 0. The first kappa shape index (κ1) is 19.9. The van der Waals surface area contributed by atoms with Gasteiger partial charge in [-0.1, -0.05) is 84.4 Å². The van der Waals surface area contributed by atoms with Crippen LogP contribution in [0.25, 0.3) is 0 Å². The minimum absolute atomic E-state index is 0.574. The zero-order valence-corrected chi connectivity index (χ0v) is 14.3. The third-order valence-corrected chi connectivity index (χ3v) is 3.89. The second-order valence-corrected chi connectivity index (χ2v) is 5.73. The maximum absolute atomic E-state index is 4.57. The van der Waals surface area contributed by atoms with Crippen LogP contribution in [0.1, 0.15) is 78.1 Å². The second-order valence-electron chi connectivity index (χ2n) is 5.73. The van der Waals surface area contributed by atoms with E-state index in [0.717, 1.165) is 5.71 Å². The molecule has 1 nitrogen and oxygen atoms in total. The highest BCUT2D eigenvalue weighted by atomic mass is 14.7. The molecule has 21 heavy (non-hydrogen) atoms. The van der Waals surface area contributed by atoms with Gasteiger partial charge in [-0.25, -0.2) is 0 Å². The summed E-state index contributed by atoms with van der Waals surface area (Å²) in [4.78, 5) is 4.57. The Kier molecular flexibility index (Phi) is 14.5. The zero-order valence-electron chi connectivity index (χ0n) is 14.3. The maximum atomic E-state index is 4.57. The minimum Gasteiger partial charge on any atom is -0.261 e. The van der Waals surface area contributed by atoms with Crippen molar-refractivity contribution in [3.05, 3.63) is 37.6 Å². The lowest BCUT2D eigenvalue weighted by atomic mass is 9.90. The molecule has 0 N–H and O–H groups in total. The third-order valence-electron chi connectivity index (χ3n) is 3.89. The molecule has 0 aliphatic rings. The largest absolute Gasteiger partial charge is 0.261 e. The van der Waals surface area contributed by atoms with Crippen molar-refractivity contribution in [1.82, 2.24) is 0 Å². The number of hydrogen-bond acceptors (Lipinski definition) is 1. The molecule has 0 saturated carbocycles. The fraction of sp³-hybridized carbons (Fsp3) is 0.650. The standard InChI is InChI=1S/C20H35N/c1-5-9-12-13-15-17-19(16-14-10-6-2)20(8-4)21-18-11-7-3/h7-8,11,18-19H,3-6,9-10,12-17H2,1-2H3/b18-11-,21-20+. The monoisotopic (exact) mass is 289 g/mol. The van der Waals surface area contributed by atoms with Gasteiger partial charge in [0, 0.05) is 17.8 Å². The highest BCUT2D eigenvalue weighted by Gasteiger charge is 2.12. The number of aliphatic imine (C=N–C) groups is 1. The van der Waals surface area contributed by atoms with Crippen molar-refractivity contribution < 1.29 is 0 Å². The van der Waals surface area contributed by atoms with Crippen LogP contribution in [-0.4, -0.2) is 5.71 Å². The van der Waals surface area contributed by atoms with Gasteiger partial charge in [-0.05, 0) is 25.0 Å². The van der Waals surface area contributed by atoms with Gasteiger partial charge in [-0.3, -0.25) is 4.99 Å². The predicted molar refractivity (Wildman–Crippen MR) is 98.0 cm³/mol. The molecule has 0 amide bonds. The van der Waals surface area contributed by atoms with Crippen LogP contribution in [0.4, 0.5) is 0 Å². The van der Waals surface area contributed by atoms with Crippen LogP contribution < -0.4 is 0 Å². The Labute approximate surface area is 132 Å². The van der Waals surface area contributed by atoms with E-state index in [1.807, 2.05) is 18.4 Å². The molecule has 0 fully saturated rings. The molecule has 0 aromatic heterocycles. The van der Waals surface area contributed by atoms with E-state index in [1.54, 1.807) is 6.08 Å². The molecule has 0 heterocycles. The molecule has 0 rings (SSSR count). The molecule has 0 aromatic carbocycles. The summed E-state index contributed by atoms with van der Waals surface area (Å²) < 4.78 is 0. The molecule has 0 aromatic rings. The second kappa shape index (κ2) is 15.3. The summed E-state index contributed by atoms with van der Waals surface area (Å²) in [5.74, 6) is 0.574. The van der Waals surface area contributed by atoms with Crippen molar-refractivity contribution in [2.24, 2.45) is 10.9 Å². The zero-order chi connectivity index (χ0) is 15.8. The Balaban J connectivity index is 4.45. The summed E-state index contributed by atoms with van der Waals surface area (Å²) in [5.41, 5.74) is 1.15. The molecular weight excluding hydrogens is 254 g/mol. The normalized spacial score (nSPS) is 13.5. The van der Waals surface area contributed by atoms with Crippen LogP contribution in [-0.2, 0) is 0 Å². The average molecular weight is 290 g/mol. The first-order valence-electron chi connectivity index (χ1n) is 8.77. The van der Waals surface area contributed by atoms with Crippen molar-refractivity contribution in [2.45, 2.75) is 78.1 Å². The molecular formula is C20H35N. The fourth-order valence-electron chi connectivity index (χ4n) is 2.59. The van der Waals surface area contributed by atoms with Crippen molar-refractivity contribution in [3.8, 4) is 0 Å². The Morgan fingerprint density at radius 1 is 0.905 bits per heavy atom. The van der Waals surface area contributed by atoms with Crippen molar-refractivity contribution >= 4 is 5.71 Å². The minimum atomic E-state index is 0.574. The van der Waals surface area contributed by atoms with E-state index in [9.17, 15) is 0 Å². The summed E-state index contributed by atoms with van der Waals surface area (Å²) in [6, 6.07) is 0. The molecule has 1 unspecified atom stereocenters. The van der Waals surface area contributed by atoms with Gasteiger partial charge >= 0.3 is 0 Å². The predicted octanol–water partition coefficient (Wildman–Crippen LogP) is 6.87. The van der Waals surface area contributed by atoms with Gasteiger partial charge in [0.1, 0.15) is 0 Å². The summed E-state index contributed by atoms with van der Waals surface area (Å²) in [6.45, 7) is 12.2. The first-order chi connectivity index (χ1) is 10.3. The van der Waals surface area contributed by atoms with Crippen molar-refractivity contribution in [2.75, 3.05) is 0 Å². The fourth-order valence-corrected chi connectivity index (χ4v) is 2.59. The van der Waals surface area contributed by atoms with Crippen LogP contribution in [0.15, 0.2) is 42.6 Å². The Bertz CT molecular complexity index is 312. The summed E-state index contributed by atoms with van der Waals surface area (Å²) in [6.07, 6.45) is 20.5.